The van der Waals surface area contributed by atoms with Crippen LogP contribution in [0.4, 0.5) is 0 Å². The second kappa shape index (κ2) is 4.40. The van der Waals surface area contributed by atoms with Gasteiger partial charge in [-0.2, -0.15) is 0 Å². The average Bonchev–Trinajstić information content (AvgIpc) is 2.55. The molecule has 1 fully saturated rings. The van der Waals surface area contributed by atoms with Crippen molar-refractivity contribution in [1.29, 1.82) is 0 Å². The molecule has 0 aliphatic carbocycles. The van der Waals surface area contributed by atoms with Crippen molar-refractivity contribution >= 4 is 0 Å². The van der Waals surface area contributed by atoms with E-state index in [4.69, 9.17) is 0 Å². The average molecular weight is 206 g/mol. The molecule has 2 nitrogen and oxygen atoms in total. The number of nitrogens with one attached hydrogen (secondary N) is 1. The Balaban J connectivity index is 2.27. The second-order valence-corrected chi connectivity index (χ2v) is 4.60. The summed E-state index contributed by atoms with van der Waals surface area (Å²) in [6, 6.07) is 2.40. The minimum Gasteiger partial charge on any atom is -0.349 e. The molecule has 0 spiro atoms. The molecule has 1 aromatic rings. The summed E-state index contributed by atoms with van der Waals surface area (Å²) in [5.74, 6) is 0.790. The number of hydrogen-bond acceptors (Lipinski definition) is 1. The van der Waals surface area contributed by atoms with Gasteiger partial charge in [0.15, 0.2) is 0 Å². The molecule has 15 heavy (non-hydrogen) atoms. The minimum absolute atomic E-state index is 0.790. The number of nitrogens with zero attached hydrogens (tertiary/aromatic N) is 1. The number of hydrogen-bond donors (Lipinski definition) is 1. The van der Waals surface area contributed by atoms with Crippen LogP contribution in [0.25, 0.3) is 0 Å². The molecule has 0 atom stereocenters. The summed E-state index contributed by atoms with van der Waals surface area (Å²) >= 11 is 0. The van der Waals surface area contributed by atoms with Crippen LogP contribution in [0.5, 0.6) is 0 Å². The summed E-state index contributed by atoms with van der Waals surface area (Å²) in [4.78, 5) is 0. The van der Waals surface area contributed by atoms with Crippen LogP contribution >= 0.6 is 0 Å². The van der Waals surface area contributed by atoms with Crippen molar-refractivity contribution in [1.82, 2.24) is 9.88 Å². The van der Waals surface area contributed by atoms with Gasteiger partial charge in [-0.25, -0.2) is 0 Å². The van der Waals surface area contributed by atoms with E-state index in [0.29, 0.717) is 0 Å². The first-order valence-electron chi connectivity index (χ1n) is 6.11. The Kier molecular flexibility index (Phi) is 3.15. The molecule has 2 rings (SSSR count). The normalized spacial score (nSPS) is 18.3. The van der Waals surface area contributed by atoms with E-state index in [0.717, 1.165) is 12.5 Å². The van der Waals surface area contributed by atoms with Gasteiger partial charge in [0.1, 0.15) is 0 Å². The van der Waals surface area contributed by atoms with Crippen molar-refractivity contribution < 1.29 is 0 Å². The number of rotatable bonds is 2. The SMILES string of the molecule is CCn1c(C)cc(C2CCNCC2)c1C. The lowest BCUT2D eigenvalue weighted by molar-refractivity contribution is 0.458. The largest absolute Gasteiger partial charge is 0.349 e. The van der Waals surface area contributed by atoms with Gasteiger partial charge in [0.05, 0.1) is 0 Å². The van der Waals surface area contributed by atoms with Crippen molar-refractivity contribution in [2.45, 2.75) is 46.1 Å². The third-order valence-corrected chi connectivity index (χ3v) is 3.71. The van der Waals surface area contributed by atoms with E-state index in [1.807, 2.05) is 0 Å². The second-order valence-electron chi connectivity index (χ2n) is 4.60. The molecule has 0 unspecified atom stereocenters. The summed E-state index contributed by atoms with van der Waals surface area (Å²) in [5, 5.41) is 3.43. The summed E-state index contributed by atoms with van der Waals surface area (Å²) in [6.45, 7) is 10.2. The predicted molar refractivity (Wildman–Crippen MR) is 64.4 cm³/mol. The molecule has 2 heteroatoms. The Bertz CT molecular complexity index is 333. The first-order valence-corrected chi connectivity index (χ1v) is 6.11. The Labute approximate surface area is 92.7 Å². The molecular weight excluding hydrogens is 184 g/mol. The minimum atomic E-state index is 0.790. The number of piperidine rings is 1. The fourth-order valence-corrected chi connectivity index (χ4v) is 2.86. The predicted octanol–water partition coefficient (Wildman–Crippen LogP) is 2.59. The summed E-state index contributed by atoms with van der Waals surface area (Å²) < 4.78 is 2.43. The van der Waals surface area contributed by atoms with Crippen LogP contribution in [0.15, 0.2) is 6.07 Å². The molecule has 1 aliphatic rings. The zero-order chi connectivity index (χ0) is 10.8. The van der Waals surface area contributed by atoms with Crippen LogP contribution in [-0.4, -0.2) is 17.7 Å². The molecule has 0 bridgehead atoms. The maximum absolute atomic E-state index is 3.43. The monoisotopic (exact) mass is 206 g/mol. The maximum Gasteiger partial charge on any atom is 0.0196 e. The van der Waals surface area contributed by atoms with Crippen molar-refractivity contribution in [3.63, 3.8) is 0 Å². The van der Waals surface area contributed by atoms with Gasteiger partial charge in [-0.15, -0.1) is 0 Å². The molecule has 2 heterocycles. The summed E-state index contributed by atoms with van der Waals surface area (Å²) in [6.07, 6.45) is 2.60. The molecule has 1 aromatic heterocycles. The molecule has 1 aliphatic heterocycles. The van der Waals surface area contributed by atoms with Gasteiger partial charge in [0.2, 0.25) is 0 Å². The first kappa shape index (κ1) is 10.7. The molecule has 1 saturated heterocycles. The Morgan fingerprint density at radius 2 is 2.00 bits per heavy atom. The van der Waals surface area contributed by atoms with Crippen molar-refractivity contribution in [2.24, 2.45) is 0 Å². The molecule has 0 radical (unpaired) electrons. The number of aromatic nitrogens is 1. The lowest BCUT2D eigenvalue weighted by Crippen LogP contribution is -2.26. The Morgan fingerprint density at radius 3 is 2.53 bits per heavy atom. The highest BCUT2D eigenvalue weighted by Gasteiger charge is 2.19. The first-order chi connectivity index (χ1) is 7.24. The molecular formula is C13H22N2. The standard InChI is InChI=1S/C13H22N2/c1-4-15-10(2)9-13(11(15)3)12-5-7-14-8-6-12/h9,12,14H,4-8H2,1-3H3. The van der Waals surface area contributed by atoms with Crippen LogP contribution < -0.4 is 5.32 Å². The number of aryl methyl sites for hydroxylation is 1. The zero-order valence-electron chi connectivity index (χ0n) is 10.1. The van der Waals surface area contributed by atoms with Gasteiger partial charge in [0.25, 0.3) is 0 Å². The van der Waals surface area contributed by atoms with E-state index in [1.165, 1.54) is 37.3 Å². The van der Waals surface area contributed by atoms with Gasteiger partial charge in [-0.1, -0.05) is 0 Å². The van der Waals surface area contributed by atoms with E-state index in [-0.39, 0.29) is 0 Å². The third kappa shape index (κ3) is 1.96. The van der Waals surface area contributed by atoms with Gasteiger partial charge >= 0.3 is 0 Å². The highest BCUT2D eigenvalue weighted by atomic mass is 15.0. The van der Waals surface area contributed by atoms with Crippen LogP contribution in [0, 0.1) is 13.8 Å². The van der Waals surface area contributed by atoms with Gasteiger partial charge in [0, 0.05) is 17.9 Å². The third-order valence-electron chi connectivity index (χ3n) is 3.71. The lowest BCUT2D eigenvalue weighted by Gasteiger charge is -2.23. The van der Waals surface area contributed by atoms with E-state index in [9.17, 15) is 0 Å². The van der Waals surface area contributed by atoms with Crippen LogP contribution in [0.1, 0.15) is 42.6 Å². The maximum atomic E-state index is 3.43. The Hall–Kier alpha value is -0.760. The van der Waals surface area contributed by atoms with Crippen LogP contribution in [-0.2, 0) is 6.54 Å². The lowest BCUT2D eigenvalue weighted by atomic mass is 9.90. The van der Waals surface area contributed by atoms with Gasteiger partial charge < -0.3 is 9.88 Å². The van der Waals surface area contributed by atoms with Gasteiger partial charge in [-0.3, -0.25) is 0 Å². The topological polar surface area (TPSA) is 17.0 Å². The van der Waals surface area contributed by atoms with Crippen LogP contribution in [0.3, 0.4) is 0 Å². The van der Waals surface area contributed by atoms with E-state index >= 15 is 0 Å². The molecule has 1 N–H and O–H groups in total. The van der Waals surface area contributed by atoms with Gasteiger partial charge in [-0.05, 0) is 64.3 Å². The van der Waals surface area contributed by atoms with E-state index in [1.54, 1.807) is 5.56 Å². The molecule has 0 amide bonds. The van der Waals surface area contributed by atoms with Crippen molar-refractivity contribution in [2.75, 3.05) is 13.1 Å². The summed E-state index contributed by atoms with van der Waals surface area (Å²) in [5.41, 5.74) is 4.50. The van der Waals surface area contributed by atoms with E-state index < -0.39 is 0 Å². The van der Waals surface area contributed by atoms with Crippen molar-refractivity contribution in [3.05, 3.63) is 23.0 Å². The molecule has 0 aromatic carbocycles. The quantitative estimate of drug-likeness (QED) is 0.787. The van der Waals surface area contributed by atoms with Crippen molar-refractivity contribution in [3.8, 4) is 0 Å². The fraction of sp³-hybridized carbons (Fsp3) is 0.692. The fourth-order valence-electron chi connectivity index (χ4n) is 2.86. The van der Waals surface area contributed by atoms with Crippen LogP contribution in [0.2, 0.25) is 0 Å². The summed E-state index contributed by atoms with van der Waals surface area (Å²) in [7, 11) is 0. The Morgan fingerprint density at radius 1 is 1.33 bits per heavy atom. The van der Waals surface area contributed by atoms with E-state index in [2.05, 4.69) is 36.7 Å². The smallest absolute Gasteiger partial charge is 0.0196 e. The highest BCUT2D eigenvalue weighted by molar-refractivity contribution is 5.30. The zero-order valence-corrected chi connectivity index (χ0v) is 10.1. The molecule has 84 valence electrons. The highest BCUT2D eigenvalue weighted by Crippen LogP contribution is 2.30. The molecule has 0 saturated carbocycles.